The lowest BCUT2D eigenvalue weighted by Crippen LogP contribution is -1.99. The summed E-state index contributed by atoms with van der Waals surface area (Å²) in [5.41, 5.74) is 1.88. The molecule has 3 rings (SSSR count). The molecule has 1 heterocycles. The molecule has 0 spiro atoms. The number of fused-ring (bicyclic) bond motifs is 1. The van der Waals surface area contributed by atoms with Crippen molar-refractivity contribution in [3.8, 4) is 11.6 Å². The third kappa shape index (κ3) is 2.41. The first-order valence-corrected chi connectivity index (χ1v) is 6.80. The maximum Gasteiger partial charge on any atom is 0.222 e. The summed E-state index contributed by atoms with van der Waals surface area (Å²) < 4.78 is 5.77. The minimum Gasteiger partial charge on any atom is -0.439 e. The van der Waals surface area contributed by atoms with Crippen LogP contribution in [0, 0.1) is 0 Å². The zero-order valence-electron chi connectivity index (χ0n) is 11.6. The van der Waals surface area contributed by atoms with Crippen LogP contribution in [0.1, 0.15) is 47.9 Å². The van der Waals surface area contributed by atoms with E-state index in [1.807, 2.05) is 32.0 Å². The topological polar surface area (TPSA) is 52.1 Å². The number of hydrogen-bond donors (Lipinski definition) is 0. The molecule has 0 atom stereocenters. The van der Waals surface area contributed by atoms with Crippen molar-refractivity contribution in [3.05, 3.63) is 47.4 Å². The average Bonchev–Trinajstić information content (AvgIpc) is 2.80. The van der Waals surface area contributed by atoms with Crippen molar-refractivity contribution in [2.24, 2.45) is 0 Å². The van der Waals surface area contributed by atoms with Gasteiger partial charge < -0.3 is 4.74 Å². The van der Waals surface area contributed by atoms with Gasteiger partial charge in [0.1, 0.15) is 11.6 Å². The Labute approximate surface area is 117 Å². The molecular weight excluding hydrogens is 252 g/mol. The molecule has 0 aliphatic heterocycles. The van der Waals surface area contributed by atoms with Crippen molar-refractivity contribution in [1.82, 2.24) is 9.97 Å². The fourth-order valence-corrected chi connectivity index (χ4v) is 2.31. The normalized spacial score (nSPS) is 13.7. The van der Waals surface area contributed by atoms with Crippen LogP contribution < -0.4 is 4.74 Å². The predicted octanol–water partition coefficient (Wildman–Crippen LogP) is 3.52. The maximum atomic E-state index is 11.6. The van der Waals surface area contributed by atoms with E-state index >= 15 is 0 Å². The summed E-state index contributed by atoms with van der Waals surface area (Å²) in [5.74, 6) is 2.49. The van der Waals surface area contributed by atoms with E-state index in [2.05, 4.69) is 9.97 Å². The van der Waals surface area contributed by atoms with Gasteiger partial charge >= 0.3 is 0 Å². The SMILES string of the molecule is CC(C)c1nccc(Oc2ccc3c(c2)CCC3=O)n1. The summed E-state index contributed by atoms with van der Waals surface area (Å²) in [5, 5.41) is 0. The first-order chi connectivity index (χ1) is 9.63. The van der Waals surface area contributed by atoms with Crippen LogP contribution in [0.5, 0.6) is 11.6 Å². The lowest BCUT2D eigenvalue weighted by atomic mass is 10.1. The summed E-state index contributed by atoms with van der Waals surface area (Å²) >= 11 is 0. The van der Waals surface area contributed by atoms with E-state index in [9.17, 15) is 4.79 Å². The minimum atomic E-state index is 0.218. The quantitative estimate of drug-likeness (QED) is 0.854. The molecule has 0 fully saturated rings. The first kappa shape index (κ1) is 12.8. The number of hydrogen-bond acceptors (Lipinski definition) is 4. The number of carbonyl (C=O) groups excluding carboxylic acids is 1. The number of ketones is 1. The van der Waals surface area contributed by atoms with E-state index < -0.39 is 0 Å². The van der Waals surface area contributed by atoms with E-state index in [0.29, 0.717) is 18.1 Å². The second-order valence-electron chi connectivity index (χ2n) is 5.25. The van der Waals surface area contributed by atoms with Crippen LogP contribution in [0.3, 0.4) is 0 Å². The van der Waals surface area contributed by atoms with Gasteiger partial charge in [-0.05, 0) is 30.2 Å². The lowest BCUT2D eigenvalue weighted by molar-refractivity contribution is 0.0994. The van der Waals surface area contributed by atoms with Gasteiger partial charge in [0.15, 0.2) is 5.78 Å². The van der Waals surface area contributed by atoms with Crippen molar-refractivity contribution >= 4 is 5.78 Å². The van der Waals surface area contributed by atoms with Gasteiger partial charge in [0.05, 0.1) is 0 Å². The Bertz CT molecular complexity index is 665. The molecule has 1 aromatic heterocycles. The van der Waals surface area contributed by atoms with Gasteiger partial charge in [0.25, 0.3) is 0 Å². The van der Waals surface area contributed by atoms with E-state index in [-0.39, 0.29) is 11.7 Å². The molecule has 0 saturated heterocycles. The fourth-order valence-electron chi connectivity index (χ4n) is 2.31. The Balaban J connectivity index is 1.85. The van der Waals surface area contributed by atoms with E-state index in [1.54, 1.807) is 12.3 Å². The van der Waals surface area contributed by atoms with Gasteiger partial charge in [-0.3, -0.25) is 4.79 Å². The van der Waals surface area contributed by atoms with Crippen LogP contribution in [0.15, 0.2) is 30.5 Å². The number of Topliss-reactive ketones (excluding diaryl/α,β-unsaturated/α-hetero) is 1. The smallest absolute Gasteiger partial charge is 0.222 e. The Morgan fingerprint density at radius 2 is 2.05 bits per heavy atom. The number of ether oxygens (including phenoxy) is 1. The second kappa shape index (κ2) is 5.04. The Hall–Kier alpha value is -2.23. The summed E-state index contributed by atoms with van der Waals surface area (Å²) in [6.45, 7) is 4.08. The highest BCUT2D eigenvalue weighted by Crippen LogP contribution is 2.28. The summed E-state index contributed by atoms with van der Waals surface area (Å²) in [6.07, 6.45) is 3.10. The molecule has 1 aromatic carbocycles. The number of rotatable bonds is 3. The van der Waals surface area contributed by atoms with Crippen molar-refractivity contribution in [3.63, 3.8) is 0 Å². The number of carbonyl (C=O) groups is 1. The summed E-state index contributed by atoms with van der Waals surface area (Å²) in [4.78, 5) is 20.2. The highest BCUT2D eigenvalue weighted by atomic mass is 16.5. The van der Waals surface area contributed by atoms with Crippen LogP contribution in [0.4, 0.5) is 0 Å². The molecule has 0 unspecified atom stereocenters. The van der Waals surface area contributed by atoms with Gasteiger partial charge in [0, 0.05) is 30.2 Å². The molecule has 20 heavy (non-hydrogen) atoms. The average molecular weight is 268 g/mol. The van der Waals surface area contributed by atoms with Gasteiger partial charge in [-0.25, -0.2) is 4.98 Å². The fraction of sp³-hybridized carbons (Fsp3) is 0.312. The van der Waals surface area contributed by atoms with Crippen molar-refractivity contribution in [2.75, 3.05) is 0 Å². The summed E-state index contributed by atoms with van der Waals surface area (Å²) in [6, 6.07) is 7.32. The zero-order valence-corrected chi connectivity index (χ0v) is 11.6. The monoisotopic (exact) mass is 268 g/mol. The molecule has 0 amide bonds. The highest BCUT2D eigenvalue weighted by Gasteiger charge is 2.19. The number of aryl methyl sites for hydroxylation is 1. The molecule has 4 nitrogen and oxygen atoms in total. The van der Waals surface area contributed by atoms with E-state index in [0.717, 1.165) is 23.4 Å². The first-order valence-electron chi connectivity index (χ1n) is 6.80. The molecule has 0 saturated carbocycles. The molecule has 1 aliphatic carbocycles. The molecule has 0 radical (unpaired) electrons. The minimum absolute atomic E-state index is 0.218. The van der Waals surface area contributed by atoms with Crippen LogP contribution in [-0.4, -0.2) is 15.8 Å². The highest BCUT2D eigenvalue weighted by molar-refractivity contribution is 6.00. The third-order valence-electron chi connectivity index (χ3n) is 3.39. The van der Waals surface area contributed by atoms with Crippen molar-refractivity contribution < 1.29 is 9.53 Å². The second-order valence-corrected chi connectivity index (χ2v) is 5.25. The molecular formula is C16H16N2O2. The molecule has 4 heteroatoms. The lowest BCUT2D eigenvalue weighted by Gasteiger charge is -2.08. The molecule has 102 valence electrons. The van der Waals surface area contributed by atoms with Gasteiger partial charge in [-0.15, -0.1) is 0 Å². The molecule has 0 N–H and O–H groups in total. The van der Waals surface area contributed by atoms with Crippen molar-refractivity contribution in [2.45, 2.75) is 32.6 Å². The van der Waals surface area contributed by atoms with Crippen LogP contribution in [0.2, 0.25) is 0 Å². The predicted molar refractivity (Wildman–Crippen MR) is 75.3 cm³/mol. The maximum absolute atomic E-state index is 11.6. The number of aromatic nitrogens is 2. The van der Waals surface area contributed by atoms with Gasteiger partial charge in [-0.2, -0.15) is 4.98 Å². The largest absolute Gasteiger partial charge is 0.439 e. The zero-order chi connectivity index (χ0) is 14.1. The molecule has 2 aromatic rings. The van der Waals surface area contributed by atoms with Crippen molar-refractivity contribution in [1.29, 1.82) is 0 Å². The standard InChI is InChI=1S/C16H16N2O2/c1-10(2)16-17-8-7-15(18-16)20-12-4-5-13-11(9-12)3-6-14(13)19/h4-5,7-10H,3,6H2,1-2H3. The van der Waals surface area contributed by atoms with E-state index in [4.69, 9.17) is 4.74 Å². The van der Waals surface area contributed by atoms with Crippen LogP contribution in [0.25, 0.3) is 0 Å². The molecule has 0 bridgehead atoms. The Morgan fingerprint density at radius 1 is 1.20 bits per heavy atom. The number of benzene rings is 1. The van der Waals surface area contributed by atoms with Gasteiger partial charge in [0.2, 0.25) is 5.88 Å². The Kier molecular flexibility index (Phi) is 3.22. The van der Waals surface area contributed by atoms with Crippen LogP contribution >= 0.6 is 0 Å². The third-order valence-corrected chi connectivity index (χ3v) is 3.39. The summed E-state index contributed by atoms with van der Waals surface area (Å²) in [7, 11) is 0. The van der Waals surface area contributed by atoms with E-state index in [1.165, 1.54) is 0 Å². The number of nitrogens with zero attached hydrogens (tertiary/aromatic N) is 2. The van der Waals surface area contributed by atoms with Gasteiger partial charge in [-0.1, -0.05) is 13.8 Å². The Morgan fingerprint density at radius 3 is 2.85 bits per heavy atom. The van der Waals surface area contributed by atoms with Crippen LogP contribution in [-0.2, 0) is 6.42 Å². The molecule has 1 aliphatic rings.